The second kappa shape index (κ2) is 6.55. The summed E-state index contributed by atoms with van der Waals surface area (Å²) in [6, 6.07) is 0.493. The van der Waals surface area contributed by atoms with E-state index < -0.39 is 0 Å². The van der Waals surface area contributed by atoms with E-state index in [0.29, 0.717) is 12.6 Å². The maximum Gasteiger partial charge on any atom is 0.320 e. The average molecular weight is 255 g/mol. The average Bonchev–Trinajstić information content (AvgIpc) is 2.24. The Kier molecular flexibility index (Phi) is 5.64. The minimum atomic E-state index is -0.381. The zero-order valence-corrected chi connectivity index (χ0v) is 12.6. The molecule has 1 N–H and O–H groups in total. The Labute approximate surface area is 112 Å². The molecule has 3 heteroatoms. The van der Waals surface area contributed by atoms with Crippen molar-refractivity contribution >= 4 is 5.97 Å². The van der Waals surface area contributed by atoms with Crippen LogP contribution in [-0.4, -0.2) is 24.2 Å². The van der Waals surface area contributed by atoms with E-state index in [1.807, 2.05) is 20.8 Å². The van der Waals surface area contributed by atoms with Crippen molar-refractivity contribution in [3.8, 4) is 0 Å². The van der Waals surface area contributed by atoms with E-state index in [4.69, 9.17) is 4.74 Å². The zero-order valence-electron chi connectivity index (χ0n) is 12.6. The summed E-state index contributed by atoms with van der Waals surface area (Å²) in [4.78, 5) is 11.6. The fraction of sp³-hybridized carbons (Fsp3) is 0.933. The first-order chi connectivity index (χ1) is 8.28. The van der Waals surface area contributed by atoms with Crippen LogP contribution in [0.1, 0.15) is 60.3 Å². The number of carbonyl (C=O) groups excluding carboxylic acids is 1. The van der Waals surface area contributed by atoms with Gasteiger partial charge in [0.1, 0.15) is 5.60 Å². The standard InChI is InChI=1S/C15H29NO2/c1-11(2)12-6-8-13(9-7-12)16-10-14(17)18-15(3,4)5/h11-13,16H,6-10H2,1-5H3. The predicted molar refractivity (Wildman–Crippen MR) is 74.4 cm³/mol. The van der Waals surface area contributed by atoms with Crippen LogP contribution < -0.4 is 5.32 Å². The summed E-state index contributed by atoms with van der Waals surface area (Å²) in [5, 5.41) is 3.33. The molecule has 0 saturated heterocycles. The van der Waals surface area contributed by atoms with E-state index in [0.717, 1.165) is 11.8 Å². The number of hydrogen-bond acceptors (Lipinski definition) is 3. The lowest BCUT2D eigenvalue weighted by Gasteiger charge is -2.31. The first kappa shape index (κ1) is 15.5. The lowest BCUT2D eigenvalue weighted by Crippen LogP contribution is -2.39. The maximum atomic E-state index is 11.6. The van der Waals surface area contributed by atoms with Gasteiger partial charge in [0.2, 0.25) is 0 Å². The van der Waals surface area contributed by atoms with Crippen LogP contribution in [0, 0.1) is 11.8 Å². The fourth-order valence-corrected chi connectivity index (χ4v) is 2.60. The van der Waals surface area contributed by atoms with Crippen LogP contribution in [0.15, 0.2) is 0 Å². The Balaban J connectivity index is 2.20. The highest BCUT2D eigenvalue weighted by Gasteiger charge is 2.24. The summed E-state index contributed by atoms with van der Waals surface area (Å²) < 4.78 is 5.29. The van der Waals surface area contributed by atoms with Crippen molar-refractivity contribution in [3.05, 3.63) is 0 Å². The summed E-state index contributed by atoms with van der Waals surface area (Å²) in [6.45, 7) is 10.7. The molecule has 0 aromatic heterocycles. The van der Waals surface area contributed by atoms with Crippen LogP contribution in [-0.2, 0) is 9.53 Å². The molecular formula is C15H29NO2. The summed E-state index contributed by atoms with van der Waals surface area (Å²) in [6.07, 6.45) is 4.94. The first-order valence-corrected chi connectivity index (χ1v) is 7.23. The summed E-state index contributed by atoms with van der Waals surface area (Å²) >= 11 is 0. The Morgan fingerprint density at radius 2 is 1.78 bits per heavy atom. The Morgan fingerprint density at radius 3 is 2.22 bits per heavy atom. The number of esters is 1. The van der Waals surface area contributed by atoms with Crippen molar-refractivity contribution < 1.29 is 9.53 Å². The van der Waals surface area contributed by atoms with Gasteiger partial charge in [-0.1, -0.05) is 13.8 Å². The molecule has 0 radical (unpaired) electrons. The zero-order chi connectivity index (χ0) is 13.8. The molecule has 18 heavy (non-hydrogen) atoms. The van der Waals surface area contributed by atoms with Crippen molar-refractivity contribution in [1.29, 1.82) is 0 Å². The minimum absolute atomic E-state index is 0.145. The van der Waals surface area contributed by atoms with Crippen LogP contribution in [0.2, 0.25) is 0 Å². The van der Waals surface area contributed by atoms with Crippen LogP contribution in [0.3, 0.4) is 0 Å². The smallest absolute Gasteiger partial charge is 0.320 e. The minimum Gasteiger partial charge on any atom is -0.459 e. The molecule has 1 rings (SSSR count). The summed E-state index contributed by atoms with van der Waals surface area (Å²) in [5.41, 5.74) is -0.381. The van der Waals surface area contributed by atoms with E-state index in [9.17, 15) is 4.79 Å². The number of carbonyl (C=O) groups is 1. The predicted octanol–water partition coefficient (Wildman–Crippen LogP) is 3.13. The van der Waals surface area contributed by atoms with Gasteiger partial charge in [0.25, 0.3) is 0 Å². The molecule has 3 nitrogen and oxygen atoms in total. The largest absolute Gasteiger partial charge is 0.459 e. The molecule has 0 aromatic rings. The van der Waals surface area contributed by atoms with Gasteiger partial charge < -0.3 is 10.1 Å². The lowest BCUT2D eigenvalue weighted by atomic mass is 9.80. The van der Waals surface area contributed by atoms with Crippen molar-refractivity contribution in [2.75, 3.05) is 6.54 Å². The molecule has 106 valence electrons. The van der Waals surface area contributed by atoms with Gasteiger partial charge in [-0.15, -0.1) is 0 Å². The molecule has 0 aliphatic heterocycles. The normalized spacial score (nSPS) is 25.2. The molecule has 0 spiro atoms. The van der Waals surface area contributed by atoms with E-state index in [1.165, 1.54) is 25.7 Å². The van der Waals surface area contributed by atoms with Gasteiger partial charge in [-0.05, 0) is 58.3 Å². The van der Waals surface area contributed by atoms with Crippen LogP contribution in [0.5, 0.6) is 0 Å². The van der Waals surface area contributed by atoms with E-state index in [-0.39, 0.29) is 11.6 Å². The molecule has 1 aliphatic rings. The highest BCUT2D eigenvalue weighted by Crippen LogP contribution is 2.29. The van der Waals surface area contributed by atoms with Gasteiger partial charge in [0.05, 0.1) is 6.54 Å². The Bertz CT molecular complexity index is 260. The number of nitrogens with one attached hydrogen (secondary N) is 1. The third-order valence-corrected chi connectivity index (χ3v) is 3.67. The van der Waals surface area contributed by atoms with Crippen LogP contribution in [0.25, 0.3) is 0 Å². The SMILES string of the molecule is CC(C)C1CCC(NCC(=O)OC(C)(C)C)CC1. The molecular weight excluding hydrogens is 226 g/mol. The fourth-order valence-electron chi connectivity index (χ4n) is 2.60. The molecule has 1 fully saturated rings. The van der Waals surface area contributed by atoms with Crippen molar-refractivity contribution in [2.45, 2.75) is 71.9 Å². The quantitative estimate of drug-likeness (QED) is 0.784. The van der Waals surface area contributed by atoms with E-state index in [2.05, 4.69) is 19.2 Å². The lowest BCUT2D eigenvalue weighted by molar-refractivity contribution is -0.153. The Hall–Kier alpha value is -0.570. The van der Waals surface area contributed by atoms with Gasteiger partial charge in [-0.25, -0.2) is 0 Å². The van der Waals surface area contributed by atoms with Crippen molar-refractivity contribution in [2.24, 2.45) is 11.8 Å². The Morgan fingerprint density at radius 1 is 1.22 bits per heavy atom. The van der Waals surface area contributed by atoms with Crippen LogP contribution >= 0.6 is 0 Å². The molecule has 1 saturated carbocycles. The van der Waals surface area contributed by atoms with E-state index in [1.54, 1.807) is 0 Å². The van der Waals surface area contributed by atoms with Gasteiger partial charge >= 0.3 is 5.97 Å². The van der Waals surface area contributed by atoms with Gasteiger partial charge in [0, 0.05) is 6.04 Å². The molecule has 0 amide bonds. The van der Waals surface area contributed by atoms with Gasteiger partial charge in [-0.2, -0.15) is 0 Å². The van der Waals surface area contributed by atoms with Crippen molar-refractivity contribution in [3.63, 3.8) is 0 Å². The van der Waals surface area contributed by atoms with Gasteiger partial charge in [-0.3, -0.25) is 4.79 Å². The number of rotatable bonds is 4. The highest BCUT2D eigenvalue weighted by atomic mass is 16.6. The monoisotopic (exact) mass is 255 g/mol. The summed E-state index contributed by atoms with van der Waals surface area (Å²) in [7, 11) is 0. The van der Waals surface area contributed by atoms with E-state index >= 15 is 0 Å². The highest BCUT2D eigenvalue weighted by molar-refractivity contribution is 5.72. The molecule has 0 bridgehead atoms. The topological polar surface area (TPSA) is 38.3 Å². The van der Waals surface area contributed by atoms with Crippen LogP contribution in [0.4, 0.5) is 0 Å². The number of ether oxygens (including phenoxy) is 1. The molecule has 0 heterocycles. The second-order valence-corrected chi connectivity index (χ2v) is 6.82. The van der Waals surface area contributed by atoms with Gasteiger partial charge in [0.15, 0.2) is 0 Å². The molecule has 1 aliphatic carbocycles. The second-order valence-electron chi connectivity index (χ2n) is 6.82. The number of hydrogen-bond donors (Lipinski definition) is 1. The van der Waals surface area contributed by atoms with Crippen molar-refractivity contribution in [1.82, 2.24) is 5.32 Å². The third-order valence-electron chi connectivity index (χ3n) is 3.67. The molecule has 0 atom stereocenters. The summed E-state index contributed by atoms with van der Waals surface area (Å²) in [5.74, 6) is 1.51. The third kappa shape index (κ3) is 5.85. The molecule has 0 unspecified atom stereocenters. The maximum absolute atomic E-state index is 11.6. The molecule has 0 aromatic carbocycles. The first-order valence-electron chi connectivity index (χ1n) is 7.23.